The molecule has 0 aliphatic carbocycles. The number of aromatic amines is 1. The van der Waals surface area contributed by atoms with E-state index < -0.39 is 23.0 Å². The van der Waals surface area contributed by atoms with Crippen LogP contribution in [0.2, 0.25) is 10.0 Å². The SMILES string of the molecule is Cc1c(Cc2cnn3c2NC(Nc2c(C4CCOCC4)nc4c(Cc5cccc(Cl)c5Cl)c(N)[nH]n4c2=O)(C2CCOCC2)C=C3O)cccc1C(F)(F)F. The molecular weight excluding hydrogens is 760 g/mol. The number of nitrogens with two attached hydrogens (primary N) is 1. The van der Waals surface area contributed by atoms with Crippen molar-refractivity contribution in [3.8, 4) is 0 Å². The first kappa shape index (κ1) is 37.2. The molecule has 12 nitrogen and oxygen atoms in total. The molecule has 0 spiro atoms. The molecule has 6 N–H and O–H groups in total. The van der Waals surface area contributed by atoms with Crippen molar-refractivity contribution in [1.82, 2.24) is 24.4 Å². The number of ether oxygens (including phenoxy) is 2. The molecule has 5 aromatic rings. The maximum atomic E-state index is 14.8. The molecule has 8 rings (SSSR count). The van der Waals surface area contributed by atoms with Crippen LogP contribution in [0.15, 0.2) is 53.5 Å². The fraction of sp³-hybridized carbons (Fsp3) is 0.395. The average molecular weight is 800 g/mol. The van der Waals surface area contributed by atoms with Crippen LogP contribution < -0.4 is 21.9 Å². The molecule has 1 atom stereocenters. The third-order valence-electron chi connectivity index (χ3n) is 11.0. The summed E-state index contributed by atoms with van der Waals surface area (Å²) in [6, 6.07) is 9.41. The number of aliphatic hydroxyl groups is 1. The van der Waals surface area contributed by atoms with Gasteiger partial charge < -0.3 is 30.9 Å². The fourth-order valence-electron chi connectivity index (χ4n) is 8.04. The van der Waals surface area contributed by atoms with Crippen LogP contribution in [0, 0.1) is 12.8 Å². The van der Waals surface area contributed by atoms with Crippen molar-refractivity contribution < 1.29 is 27.8 Å². The van der Waals surface area contributed by atoms with Gasteiger partial charge in [-0.3, -0.25) is 9.89 Å². The molecule has 2 fully saturated rings. The van der Waals surface area contributed by atoms with Crippen LogP contribution in [0.3, 0.4) is 0 Å². The zero-order valence-corrected chi connectivity index (χ0v) is 31.3. The van der Waals surface area contributed by atoms with Gasteiger partial charge in [-0.15, -0.1) is 0 Å². The molecule has 55 heavy (non-hydrogen) atoms. The lowest BCUT2D eigenvalue weighted by molar-refractivity contribution is -0.138. The van der Waals surface area contributed by atoms with E-state index in [0.29, 0.717) is 102 Å². The first-order valence-corrected chi connectivity index (χ1v) is 18.8. The van der Waals surface area contributed by atoms with Gasteiger partial charge in [-0.05, 0) is 61.4 Å². The van der Waals surface area contributed by atoms with Crippen LogP contribution in [0.4, 0.5) is 30.5 Å². The zero-order chi connectivity index (χ0) is 38.6. The van der Waals surface area contributed by atoms with Gasteiger partial charge in [0.05, 0.1) is 27.5 Å². The van der Waals surface area contributed by atoms with Crippen molar-refractivity contribution in [3.63, 3.8) is 0 Å². The quantitative estimate of drug-likeness (QED) is 0.107. The van der Waals surface area contributed by atoms with Crippen LogP contribution in [0.5, 0.6) is 0 Å². The summed E-state index contributed by atoms with van der Waals surface area (Å²) in [5, 5.41) is 26.9. The Bertz CT molecular complexity index is 2360. The average Bonchev–Trinajstić information content (AvgIpc) is 3.72. The zero-order valence-electron chi connectivity index (χ0n) is 29.8. The van der Waals surface area contributed by atoms with E-state index in [0.717, 1.165) is 6.07 Å². The molecule has 0 bridgehead atoms. The van der Waals surface area contributed by atoms with Gasteiger partial charge in [0, 0.05) is 68.3 Å². The van der Waals surface area contributed by atoms with Crippen molar-refractivity contribution in [2.24, 2.45) is 5.92 Å². The highest BCUT2D eigenvalue weighted by Crippen LogP contribution is 2.42. The van der Waals surface area contributed by atoms with Crippen LogP contribution in [0.25, 0.3) is 11.5 Å². The van der Waals surface area contributed by atoms with E-state index in [1.165, 1.54) is 28.4 Å². The molecule has 17 heteroatoms. The second-order valence-electron chi connectivity index (χ2n) is 14.3. The third kappa shape index (κ3) is 6.81. The molecule has 3 aromatic heterocycles. The van der Waals surface area contributed by atoms with Gasteiger partial charge in [-0.2, -0.15) is 27.5 Å². The monoisotopic (exact) mass is 798 g/mol. The highest BCUT2D eigenvalue weighted by Gasteiger charge is 2.45. The minimum absolute atomic E-state index is 0.0971. The molecule has 290 valence electrons. The number of H-pyrrole nitrogens is 1. The van der Waals surface area contributed by atoms with Crippen molar-refractivity contribution in [2.75, 3.05) is 42.8 Å². The summed E-state index contributed by atoms with van der Waals surface area (Å²) in [6.45, 7) is 3.28. The summed E-state index contributed by atoms with van der Waals surface area (Å²) in [4.78, 5) is 20.0. The number of halogens is 5. The smallest absolute Gasteiger partial charge is 0.416 e. The number of benzene rings is 2. The van der Waals surface area contributed by atoms with E-state index in [9.17, 15) is 23.1 Å². The number of hydrogen-bond donors (Lipinski definition) is 5. The predicted molar refractivity (Wildman–Crippen MR) is 204 cm³/mol. The number of nitrogens with zero attached hydrogens (tertiary/aromatic N) is 4. The lowest BCUT2D eigenvalue weighted by Gasteiger charge is -2.45. The molecule has 2 saturated heterocycles. The third-order valence-corrected chi connectivity index (χ3v) is 11.9. The number of fused-ring (bicyclic) bond motifs is 2. The van der Waals surface area contributed by atoms with Crippen LogP contribution in [0.1, 0.15) is 70.7 Å². The maximum absolute atomic E-state index is 14.8. The maximum Gasteiger partial charge on any atom is 0.416 e. The number of nitrogen functional groups attached to an aromatic ring is 1. The Morgan fingerprint density at radius 3 is 2.44 bits per heavy atom. The van der Waals surface area contributed by atoms with Gasteiger partial charge in [0.1, 0.15) is 23.0 Å². The van der Waals surface area contributed by atoms with Crippen molar-refractivity contribution in [1.29, 1.82) is 0 Å². The molecular formula is C38H39Cl2F3N8O4. The highest BCUT2D eigenvalue weighted by atomic mass is 35.5. The number of hydrogen-bond acceptors (Lipinski definition) is 9. The Morgan fingerprint density at radius 1 is 1.02 bits per heavy atom. The number of nitrogens with one attached hydrogen (secondary N) is 3. The molecule has 0 saturated carbocycles. The van der Waals surface area contributed by atoms with Crippen molar-refractivity contribution in [3.05, 3.63) is 108 Å². The minimum Gasteiger partial charge on any atom is -0.493 e. The van der Waals surface area contributed by atoms with Gasteiger partial charge in [0.25, 0.3) is 5.56 Å². The summed E-state index contributed by atoms with van der Waals surface area (Å²) in [5.74, 6) is 0.00735. The second kappa shape index (κ2) is 14.4. The number of rotatable bonds is 8. The van der Waals surface area contributed by atoms with Gasteiger partial charge in [0.2, 0.25) is 5.88 Å². The summed E-state index contributed by atoms with van der Waals surface area (Å²) in [7, 11) is 0. The molecule has 3 aliphatic heterocycles. The first-order chi connectivity index (χ1) is 26.3. The van der Waals surface area contributed by atoms with Crippen LogP contribution >= 0.6 is 23.2 Å². The van der Waals surface area contributed by atoms with Gasteiger partial charge >= 0.3 is 6.18 Å². The van der Waals surface area contributed by atoms with Crippen LogP contribution in [-0.2, 0) is 28.5 Å². The number of alkyl halides is 3. The van der Waals surface area contributed by atoms with Gasteiger partial charge in [-0.1, -0.05) is 47.5 Å². The normalized spacial score (nSPS) is 19.6. The summed E-state index contributed by atoms with van der Waals surface area (Å²) in [6.07, 6.45) is 1.30. The minimum atomic E-state index is -4.52. The van der Waals surface area contributed by atoms with Gasteiger partial charge in [-0.25, -0.2) is 4.98 Å². The lowest BCUT2D eigenvalue weighted by atomic mass is 9.83. The standard InChI is InChI=1S/C38H39Cl2F3N8O4/c1-20-22(4-2-6-27(20)38(41,42)43)16-24-19-45-50-29(52)18-37(48-34(24)50,25-10-14-55-15-11-25)47-32-31(21-8-12-54-13-9-21)46-35-26(33(44)49-51(35)36(32)53)17-23-5-3-7-28(39)30(23)40/h2-7,18-19,21,25,47-49,52H,8-17,44H2,1H3. The Kier molecular flexibility index (Phi) is 9.76. The molecule has 3 aliphatic rings. The topological polar surface area (TPSA) is 157 Å². The Hall–Kier alpha value is -4.70. The molecule has 1 unspecified atom stereocenters. The Labute approximate surface area is 323 Å². The predicted octanol–water partition coefficient (Wildman–Crippen LogP) is 7.53. The van der Waals surface area contributed by atoms with E-state index >= 15 is 0 Å². The number of aliphatic hydroxyl groups excluding tert-OH is 1. The van der Waals surface area contributed by atoms with Gasteiger partial charge in [0.15, 0.2) is 5.65 Å². The summed E-state index contributed by atoms with van der Waals surface area (Å²) in [5.41, 5.74) is 7.56. The van der Waals surface area contributed by atoms with Crippen LogP contribution in [-0.4, -0.2) is 61.6 Å². The Balaban J connectivity index is 1.25. The van der Waals surface area contributed by atoms with E-state index in [1.807, 2.05) is 6.07 Å². The summed E-state index contributed by atoms with van der Waals surface area (Å²) < 4.78 is 55.6. The highest BCUT2D eigenvalue weighted by molar-refractivity contribution is 6.42. The number of aromatic nitrogens is 5. The van der Waals surface area contributed by atoms with Crippen molar-refractivity contribution >= 4 is 52.1 Å². The molecule has 6 heterocycles. The van der Waals surface area contributed by atoms with E-state index in [2.05, 4.69) is 20.8 Å². The van der Waals surface area contributed by atoms with E-state index in [1.54, 1.807) is 24.3 Å². The largest absolute Gasteiger partial charge is 0.493 e. The lowest BCUT2D eigenvalue weighted by Crippen LogP contribution is -2.56. The van der Waals surface area contributed by atoms with E-state index in [-0.39, 0.29) is 47.6 Å². The van der Waals surface area contributed by atoms with E-state index in [4.69, 9.17) is 43.4 Å². The molecule has 0 amide bonds. The number of anilines is 3. The first-order valence-electron chi connectivity index (χ1n) is 18.1. The molecule has 0 radical (unpaired) electrons. The molecule has 2 aromatic carbocycles. The Morgan fingerprint density at radius 2 is 1.71 bits per heavy atom. The summed E-state index contributed by atoms with van der Waals surface area (Å²) >= 11 is 12.9. The second-order valence-corrected chi connectivity index (χ2v) is 15.1. The van der Waals surface area contributed by atoms with Crippen molar-refractivity contribution in [2.45, 2.75) is 63.2 Å². The fourth-order valence-corrected chi connectivity index (χ4v) is 8.42.